The van der Waals surface area contributed by atoms with Gasteiger partial charge in [0.25, 0.3) is 0 Å². The average Bonchev–Trinajstić information content (AvgIpc) is 2.78. The number of amides is 4. The van der Waals surface area contributed by atoms with Crippen LogP contribution < -0.4 is 38.5 Å². The minimum absolute atomic E-state index is 0.0998. The molecule has 0 rings (SSSR count). The van der Waals surface area contributed by atoms with Gasteiger partial charge in [-0.3, -0.25) is 24.2 Å². The number of thioether (sulfide) groups is 1. The van der Waals surface area contributed by atoms with E-state index >= 15 is 0 Å². The Morgan fingerprint density at radius 2 is 1.54 bits per heavy atom. The predicted octanol–water partition coefficient (Wildman–Crippen LogP) is -4.21. The molecule has 0 aromatic heterocycles. The first kappa shape index (κ1) is 31.9. The van der Waals surface area contributed by atoms with E-state index in [-0.39, 0.29) is 18.9 Å². The van der Waals surface area contributed by atoms with Gasteiger partial charge >= 0.3 is 5.97 Å². The minimum atomic E-state index is -1.56. The Balaban J connectivity index is 4.94. The zero-order chi connectivity index (χ0) is 27.0. The number of aliphatic imine (C=N–C) groups is 1. The topological polar surface area (TPSA) is 264 Å². The van der Waals surface area contributed by atoms with Crippen molar-refractivity contribution < 1.29 is 34.2 Å². The number of carboxylic acid groups (broad SMARTS) is 1. The van der Waals surface area contributed by atoms with Crippen LogP contribution in [0.1, 0.15) is 26.2 Å². The maximum absolute atomic E-state index is 12.6. The zero-order valence-electron chi connectivity index (χ0n) is 19.8. The summed E-state index contributed by atoms with van der Waals surface area (Å²) in [6, 6.07) is -3.43. The highest BCUT2D eigenvalue weighted by atomic mass is 32.2. The van der Waals surface area contributed by atoms with Gasteiger partial charge in [-0.25, -0.2) is 4.79 Å². The molecule has 15 nitrogen and oxygen atoms in total. The predicted molar refractivity (Wildman–Crippen MR) is 130 cm³/mol. The number of hydrogen-bond acceptors (Lipinski definition) is 9. The van der Waals surface area contributed by atoms with Gasteiger partial charge in [0.05, 0.1) is 25.2 Å². The van der Waals surface area contributed by atoms with E-state index in [4.69, 9.17) is 22.3 Å². The van der Waals surface area contributed by atoms with E-state index in [1.54, 1.807) is 0 Å². The molecule has 4 amide bonds. The minimum Gasteiger partial charge on any atom is -0.480 e. The van der Waals surface area contributed by atoms with Gasteiger partial charge in [0.2, 0.25) is 23.6 Å². The Bertz CT molecular complexity index is 761. The van der Waals surface area contributed by atoms with Crippen molar-refractivity contribution in [3.8, 4) is 0 Å². The summed E-state index contributed by atoms with van der Waals surface area (Å²) in [5.74, 6) is -3.67. The number of aliphatic carboxylic acids is 1. The quantitative estimate of drug-likeness (QED) is 0.0504. The molecule has 16 heteroatoms. The van der Waals surface area contributed by atoms with E-state index in [9.17, 15) is 29.1 Å². The molecule has 35 heavy (non-hydrogen) atoms. The van der Waals surface area contributed by atoms with Gasteiger partial charge in [0.15, 0.2) is 12.0 Å². The first-order chi connectivity index (χ1) is 16.4. The van der Waals surface area contributed by atoms with Gasteiger partial charge in [-0.05, 0) is 38.2 Å². The number of aliphatic hydroxyl groups is 1. The second kappa shape index (κ2) is 17.3. The highest BCUT2D eigenvalue weighted by Gasteiger charge is 2.26. The van der Waals surface area contributed by atoms with Crippen LogP contribution in [0.3, 0.4) is 0 Å². The number of guanidine groups is 1. The number of hydrogen-bond donors (Lipinski definition) is 9. The number of nitrogens with one attached hydrogen (secondary N) is 4. The lowest BCUT2D eigenvalue weighted by molar-refractivity contribution is -0.144. The Kier molecular flexibility index (Phi) is 15.8. The van der Waals surface area contributed by atoms with Crippen LogP contribution in [0.2, 0.25) is 0 Å². The van der Waals surface area contributed by atoms with Crippen molar-refractivity contribution >= 4 is 47.3 Å². The maximum atomic E-state index is 12.6. The van der Waals surface area contributed by atoms with E-state index in [2.05, 4.69) is 26.3 Å². The van der Waals surface area contributed by atoms with Gasteiger partial charge in [-0.15, -0.1) is 0 Å². The molecule has 0 aliphatic rings. The summed E-state index contributed by atoms with van der Waals surface area (Å²) >= 11 is 1.53. The number of aliphatic hydroxyl groups excluding tert-OH is 1. The van der Waals surface area contributed by atoms with Crippen LogP contribution in [-0.2, 0) is 24.0 Å². The van der Waals surface area contributed by atoms with Crippen molar-refractivity contribution in [1.29, 1.82) is 0 Å². The van der Waals surface area contributed by atoms with E-state index in [0.29, 0.717) is 18.6 Å². The molecule has 0 fully saturated rings. The summed E-state index contributed by atoms with van der Waals surface area (Å²) in [5, 5.41) is 27.7. The third-order valence-corrected chi connectivity index (χ3v) is 5.12. The molecule has 0 saturated carbocycles. The van der Waals surface area contributed by atoms with E-state index in [0.717, 1.165) is 0 Å². The first-order valence-corrected chi connectivity index (χ1v) is 12.1. The van der Waals surface area contributed by atoms with Gasteiger partial charge in [0.1, 0.15) is 6.04 Å². The van der Waals surface area contributed by atoms with E-state index in [1.807, 2.05) is 6.26 Å². The molecular weight excluding hydrogens is 484 g/mol. The lowest BCUT2D eigenvalue weighted by Crippen LogP contribution is -2.54. The molecule has 0 bridgehead atoms. The highest BCUT2D eigenvalue weighted by molar-refractivity contribution is 7.98. The molecule has 0 aliphatic heterocycles. The van der Waals surface area contributed by atoms with Crippen molar-refractivity contribution in [2.24, 2.45) is 22.2 Å². The number of nitrogens with two attached hydrogens (primary N) is 3. The number of nitrogens with zero attached hydrogens (tertiary/aromatic N) is 1. The molecule has 200 valence electrons. The summed E-state index contributed by atoms with van der Waals surface area (Å²) in [7, 11) is 0. The molecule has 0 saturated heterocycles. The summed E-state index contributed by atoms with van der Waals surface area (Å²) in [6.45, 7) is 0.349. The van der Waals surface area contributed by atoms with Crippen LogP contribution in [0, 0.1) is 0 Å². The lowest BCUT2D eigenvalue weighted by atomic mass is 10.1. The Hall–Kier alpha value is -3.11. The molecule has 0 spiro atoms. The molecular formula is C19H36N8O7S. The van der Waals surface area contributed by atoms with E-state index < -0.39 is 66.9 Å². The summed E-state index contributed by atoms with van der Waals surface area (Å²) in [6.07, 6.45) is 1.35. The maximum Gasteiger partial charge on any atom is 0.328 e. The van der Waals surface area contributed by atoms with Crippen molar-refractivity contribution in [2.45, 2.75) is 50.4 Å². The van der Waals surface area contributed by atoms with Crippen LogP contribution in [0.5, 0.6) is 0 Å². The molecule has 0 unspecified atom stereocenters. The van der Waals surface area contributed by atoms with E-state index in [1.165, 1.54) is 18.7 Å². The third-order valence-electron chi connectivity index (χ3n) is 4.48. The van der Waals surface area contributed by atoms with Gasteiger partial charge in [-0.2, -0.15) is 11.8 Å². The van der Waals surface area contributed by atoms with Crippen molar-refractivity contribution in [1.82, 2.24) is 21.3 Å². The zero-order valence-corrected chi connectivity index (χ0v) is 20.6. The standard InChI is InChI=1S/C19H36N8O7S/c1-10(28)15(18(33)34)27-14(30)9-25-17(32)12(4-3-6-23-19(21)22)26-13(29)8-24-16(31)11(20)5-7-35-2/h10-12,15,28H,3-9,20H2,1-2H3,(H,24,31)(H,25,32)(H,26,29)(H,27,30)(H,33,34)(H4,21,22,23)/t10-,11+,12+,15+/m1/s1. The second-order valence-corrected chi connectivity index (χ2v) is 8.50. The van der Waals surface area contributed by atoms with Crippen LogP contribution >= 0.6 is 11.8 Å². The molecule has 0 radical (unpaired) electrons. The molecule has 0 aromatic carbocycles. The van der Waals surface area contributed by atoms with Crippen molar-refractivity contribution in [3.05, 3.63) is 0 Å². The fourth-order valence-corrected chi connectivity index (χ4v) is 3.09. The van der Waals surface area contributed by atoms with Crippen LogP contribution in [0.4, 0.5) is 0 Å². The fourth-order valence-electron chi connectivity index (χ4n) is 2.60. The first-order valence-electron chi connectivity index (χ1n) is 10.7. The Morgan fingerprint density at radius 3 is 2.06 bits per heavy atom. The molecule has 12 N–H and O–H groups in total. The molecule has 4 atom stereocenters. The molecule has 0 aromatic rings. The smallest absolute Gasteiger partial charge is 0.328 e. The monoisotopic (exact) mass is 520 g/mol. The van der Waals surface area contributed by atoms with Crippen LogP contribution in [-0.4, -0.2) is 102 Å². The summed E-state index contributed by atoms with van der Waals surface area (Å²) < 4.78 is 0. The van der Waals surface area contributed by atoms with Crippen molar-refractivity contribution in [2.75, 3.05) is 31.6 Å². The van der Waals surface area contributed by atoms with Gasteiger partial charge < -0.3 is 48.7 Å². The van der Waals surface area contributed by atoms with Gasteiger partial charge in [-0.1, -0.05) is 0 Å². The highest BCUT2D eigenvalue weighted by Crippen LogP contribution is 2.00. The Labute approximate surface area is 207 Å². The Morgan fingerprint density at radius 1 is 0.971 bits per heavy atom. The van der Waals surface area contributed by atoms with Crippen molar-refractivity contribution in [3.63, 3.8) is 0 Å². The lowest BCUT2D eigenvalue weighted by Gasteiger charge is -2.20. The normalized spacial score (nSPS) is 13.9. The molecule has 0 aliphatic carbocycles. The number of rotatable bonds is 17. The third kappa shape index (κ3) is 14.7. The van der Waals surface area contributed by atoms with Crippen LogP contribution in [0.15, 0.2) is 4.99 Å². The van der Waals surface area contributed by atoms with Gasteiger partial charge in [0, 0.05) is 6.54 Å². The SMILES string of the molecule is CSCC[C@H](N)C(=O)NCC(=O)N[C@@H](CCCN=C(N)N)C(=O)NCC(=O)N[C@H](C(=O)O)[C@@H](C)O. The number of carbonyl (C=O) groups is 5. The summed E-state index contributed by atoms with van der Waals surface area (Å²) in [5.41, 5.74) is 16.3. The fraction of sp³-hybridized carbons (Fsp3) is 0.684. The molecule has 0 heterocycles. The second-order valence-electron chi connectivity index (χ2n) is 7.52. The summed E-state index contributed by atoms with van der Waals surface area (Å²) in [4.78, 5) is 63.6. The number of carboxylic acids is 1. The largest absolute Gasteiger partial charge is 0.480 e. The average molecular weight is 521 g/mol. The van der Waals surface area contributed by atoms with Crippen LogP contribution in [0.25, 0.3) is 0 Å². The number of carbonyl (C=O) groups excluding carboxylic acids is 4.